The molecule has 4 bridgehead atoms. The van der Waals surface area contributed by atoms with Crippen molar-refractivity contribution in [1.29, 1.82) is 0 Å². The third-order valence-corrected chi connectivity index (χ3v) is 6.16. The average Bonchev–Trinajstić information content (AvgIpc) is 2.52. The number of nitrogens with one attached hydrogen (secondary N) is 1. The van der Waals surface area contributed by atoms with E-state index in [9.17, 15) is 4.79 Å². The Morgan fingerprint density at radius 2 is 1.64 bits per heavy atom. The van der Waals surface area contributed by atoms with E-state index in [-0.39, 0.29) is 5.91 Å². The van der Waals surface area contributed by atoms with Gasteiger partial charge in [0.2, 0.25) is 5.91 Å². The van der Waals surface area contributed by atoms with Gasteiger partial charge < -0.3 is 5.32 Å². The van der Waals surface area contributed by atoms with Crippen molar-refractivity contribution in [2.45, 2.75) is 32.1 Å². The number of carbonyl (C=O) groups excluding carboxylic acids is 1. The first-order valence-corrected chi connectivity index (χ1v) is 8.79. The van der Waals surface area contributed by atoms with Crippen LogP contribution in [0.5, 0.6) is 0 Å². The molecule has 1 N–H and O–H groups in total. The molecule has 4 saturated carbocycles. The first-order chi connectivity index (χ1) is 10.8. The number of amides is 1. The van der Waals surface area contributed by atoms with E-state index in [1.165, 1.54) is 32.1 Å². The first kappa shape index (κ1) is 14.0. The summed E-state index contributed by atoms with van der Waals surface area (Å²) in [6, 6.07) is 10.0. The van der Waals surface area contributed by atoms with Crippen LogP contribution in [0.3, 0.4) is 0 Å². The van der Waals surface area contributed by atoms with Gasteiger partial charge in [-0.15, -0.1) is 0 Å². The van der Waals surface area contributed by atoms with Gasteiger partial charge in [0.05, 0.1) is 0 Å². The van der Waals surface area contributed by atoms with Gasteiger partial charge in [0, 0.05) is 12.6 Å². The molecule has 4 fully saturated rings. The molecule has 116 valence electrons. The minimum Gasteiger partial charge on any atom is -0.352 e. The van der Waals surface area contributed by atoms with Crippen LogP contribution in [-0.4, -0.2) is 12.5 Å². The summed E-state index contributed by atoms with van der Waals surface area (Å²) in [6.45, 7) is 0.882. The Balaban J connectivity index is 1.31. The van der Waals surface area contributed by atoms with Crippen LogP contribution < -0.4 is 5.32 Å². The zero-order valence-corrected chi connectivity index (χ0v) is 13.1. The van der Waals surface area contributed by atoms with E-state index in [1.54, 1.807) is 6.08 Å². The molecule has 4 aliphatic carbocycles. The normalized spacial score (nSPS) is 35.9. The van der Waals surface area contributed by atoms with Gasteiger partial charge >= 0.3 is 0 Å². The summed E-state index contributed by atoms with van der Waals surface area (Å²) < 4.78 is 0. The number of rotatable bonds is 4. The van der Waals surface area contributed by atoms with Crippen molar-refractivity contribution in [1.82, 2.24) is 5.32 Å². The fraction of sp³-hybridized carbons (Fsp3) is 0.550. The third-order valence-electron chi connectivity index (χ3n) is 6.16. The molecule has 2 heteroatoms. The van der Waals surface area contributed by atoms with Gasteiger partial charge in [-0.05, 0) is 73.3 Å². The SMILES string of the molecule is O=C(/C=C/c1ccccc1)NCC1C2CC3CC(C2)CC1C3. The summed E-state index contributed by atoms with van der Waals surface area (Å²) in [5.41, 5.74) is 1.08. The second-order valence-corrected chi connectivity index (χ2v) is 7.58. The van der Waals surface area contributed by atoms with Crippen molar-refractivity contribution in [3.8, 4) is 0 Å². The topological polar surface area (TPSA) is 29.1 Å². The summed E-state index contributed by atoms with van der Waals surface area (Å²) in [6.07, 6.45) is 10.8. The molecule has 0 heterocycles. The second kappa shape index (κ2) is 5.91. The Bertz CT molecular complexity index is 534. The highest BCUT2D eigenvalue weighted by atomic mass is 16.1. The lowest BCUT2D eigenvalue weighted by Crippen LogP contribution is -2.48. The Morgan fingerprint density at radius 1 is 1.00 bits per heavy atom. The van der Waals surface area contributed by atoms with Crippen LogP contribution in [0.2, 0.25) is 0 Å². The van der Waals surface area contributed by atoms with Gasteiger partial charge in [0.1, 0.15) is 0 Å². The average molecular weight is 295 g/mol. The molecule has 4 aliphatic rings. The van der Waals surface area contributed by atoms with Crippen molar-refractivity contribution in [2.75, 3.05) is 6.54 Å². The molecule has 0 saturated heterocycles. The van der Waals surface area contributed by atoms with E-state index >= 15 is 0 Å². The van der Waals surface area contributed by atoms with Crippen LogP contribution in [0.1, 0.15) is 37.7 Å². The maximum Gasteiger partial charge on any atom is 0.244 e. The van der Waals surface area contributed by atoms with Crippen molar-refractivity contribution in [3.63, 3.8) is 0 Å². The van der Waals surface area contributed by atoms with Crippen molar-refractivity contribution in [2.24, 2.45) is 29.6 Å². The molecule has 2 nitrogen and oxygen atoms in total. The molecule has 0 aromatic heterocycles. The summed E-state index contributed by atoms with van der Waals surface area (Å²) in [4.78, 5) is 12.1. The smallest absolute Gasteiger partial charge is 0.244 e. The summed E-state index contributed by atoms with van der Waals surface area (Å²) in [7, 11) is 0. The molecule has 0 spiro atoms. The van der Waals surface area contributed by atoms with Crippen LogP contribution in [-0.2, 0) is 4.79 Å². The predicted octanol–water partition coefficient (Wildman–Crippen LogP) is 3.89. The lowest BCUT2D eigenvalue weighted by molar-refractivity contribution is -0.117. The van der Waals surface area contributed by atoms with E-state index in [0.29, 0.717) is 0 Å². The third kappa shape index (κ3) is 2.84. The van der Waals surface area contributed by atoms with E-state index in [2.05, 4.69) is 5.32 Å². The fourth-order valence-corrected chi connectivity index (χ4v) is 5.38. The second-order valence-electron chi connectivity index (χ2n) is 7.58. The standard InChI is InChI=1S/C20H25NO/c22-20(7-6-14-4-2-1-3-5-14)21-13-19-17-9-15-8-16(11-17)12-18(19)10-15/h1-7,15-19H,8-13H2,(H,21,22)/b7-6+. The highest BCUT2D eigenvalue weighted by molar-refractivity contribution is 5.91. The minimum absolute atomic E-state index is 0.0534. The molecular weight excluding hydrogens is 270 g/mol. The van der Waals surface area contributed by atoms with Crippen LogP contribution in [0.4, 0.5) is 0 Å². The van der Waals surface area contributed by atoms with Crippen LogP contribution in [0.15, 0.2) is 36.4 Å². The molecular formula is C20H25NO. The largest absolute Gasteiger partial charge is 0.352 e. The lowest BCUT2D eigenvalue weighted by Gasteiger charge is -2.54. The number of carbonyl (C=O) groups is 1. The summed E-state index contributed by atoms with van der Waals surface area (Å²) >= 11 is 0. The molecule has 1 amide bonds. The number of hydrogen-bond donors (Lipinski definition) is 1. The van der Waals surface area contributed by atoms with Crippen molar-refractivity contribution >= 4 is 12.0 Å². The van der Waals surface area contributed by atoms with Crippen molar-refractivity contribution < 1.29 is 4.79 Å². The predicted molar refractivity (Wildman–Crippen MR) is 89.0 cm³/mol. The Hall–Kier alpha value is -1.57. The molecule has 1 aromatic carbocycles. The Kier molecular flexibility index (Phi) is 3.77. The zero-order valence-electron chi connectivity index (χ0n) is 13.1. The monoisotopic (exact) mass is 295 g/mol. The molecule has 0 radical (unpaired) electrons. The van der Waals surface area contributed by atoms with E-state index in [4.69, 9.17) is 0 Å². The Labute approximate surface area is 133 Å². The van der Waals surface area contributed by atoms with Gasteiger partial charge in [-0.2, -0.15) is 0 Å². The van der Waals surface area contributed by atoms with Gasteiger partial charge in [0.15, 0.2) is 0 Å². The van der Waals surface area contributed by atoms with Gasteiger partial charge in [-0.1, -0.05) is 30.3 Å². The number of hydrogen-bond acceptors (Lipinski definition) is 1. The van der Waals surface area contributed by atoms with E-state index < -0.39 is 0 Å². The van der Waals surface area contributed by atoms with Gasteiger partial charge in [-0.3, -0.25) is 4.79 Å². The van der Waals surface area contributed by atoms with Crippen LogP contribution in [0, 0.1) is 29.6 Å². The fourth-order valence-electron chi connectivity index (χ4n) is 5.38. The maximum atomic E-state index is 12.1. The van der Waals surface area contributed by atoms with Gasteiger partial charge in [0.25, 0.3) is 0 Å². The molecule has 0 atom stereocenters. The Morgan fingerprint density at radius 3 is 2.27 bits per heavy atom. The molecule has 1 aromatic rings. The summed E-state index contributed by atoms with van der Waals surface area (Å²) in [5, 5.41) is 3.16. The summed E-state index contributed by atoms with van der Waals surface area (Å²) in [5.74, 6) is 4.57. The quantitative estimate of drug-likeness (QED) is 0.839. The van der Waals surface area contributed by atoms with Crippen molar-refractivity contribution in [3.05, 3.63) is 42.0 Å². The molecule has 0 aliphatic heterocycles. The van der Waals surface area contributed by atoms with Crippen LogP contribution in [0.25, 0.3) is 6.08 Å². The molecule has 0 unspecified atom stereocenters. The zero-order chi connectivity index (χ0) is 14.9. The number of benzene rings is 1. The lowest BCUT2D eigenvalue weighted by atomic mass is 9.52. The van der Waals surface area contributed by atoms with E-state index in [1.807, 2.05) is 36.4 Å². The van der Waals surface area contributed by atoms with E-state index in [0.717, 1.165) is 41.7 Å². The minimum atomic E-state index is 0.0534. The molecule has 5 rings (SSSR count). The maximum absolute atomic E-state index is 12.1. The highest BCUT2D eigenvalue weighted by Gasteiger charge is 2.47. The first-order valence-electron chi connectivity index (χ1n) is 8.79. The highest BCUT2D eigenvalue weighted by Crippen LogP contribution is 2.56. The van der Waals surface area contributed by atoms with Crippen LogP contribution >= 0.6 is 0 Å². The molecule has 22 heavy (non-hydrogen) atoms. The van der Waals surface area contributed by atoms with Gasteiger partial charge in [-0.25, -0.2) is 0 Å².